The van der Waals surface area contributed by atoms with E-state index in [1.54, 1.807) is 17.4 Å². The maximum Gasteiger partial charge on any atom is 0.128 e. The molecule has 0 saturated heterocycles. The zero-order valence-electron chi connectivity index (χ0n) is 9.99. The molecule has 1 N–H and O–H groups in total. The summed E-state index contributed by atoms with van der Waals surface area (Å²) >= 11 is 4.96. The lowest BCUT2D eigenvalue weighted by atomic mass is 10.1. The quantitative estimate of drug-likeness (QED) is 0.899. The van der Waals surface area contributed by atoms with Crippen molar-refractivity contribution in [3.63, 3.8) is 0 Å². The molecule has 0 aliphatic carbocycles. The Labute approximate surface area is 118 Å². The molecule has 18 heavy (non-hydrogen) atoms. The lowest BCUT2D eigenvalue weighted by Crippen LogP contribution is -2.22. The van der Waals surface area contributed by atoms with Gasteiger partial charge in [-0.05, 0) is 25.1 Å². The van der Waals surface area contributed by atoms with Gasteiger partial charge >= 0.3 is 0 Å². The van der Waals surface area contributed by atoms with Crippen molar-refractivity contribution in [2.24, 2.45) is 0 Å². The second-order valence-electron chi connectivity index (χ2n) is 4.07. The minimum Gasteiger partial charge on any atom is -0.310 e. The van der Waals surface area contributed by atoms with E-state index in [9.17, 15) is 4.39 Å². The highest BCUT2D eigenvalue weighted by Crippen LogP contribution is 2.21. The molecule has 1 unspecified atom stereocenters. The molecule has 0 aliphatic rings. The van der Waals surface area contributed by atoms with Crippen LogP contribution in [0.1, 0.15) is 24.2 Å². The monoisotopic (exact) mass is 328 g/mol. The van der Waals surface area contributed by atoms with Crippen molar-refractivity contribution in [3.8, 4) is 0 Å². The fourth-order valence-electron chi connectivity index (χ4n) is 1.73. The summed E-state index contributed by atoms with van der Waals surface area (Å²) in [4.78, 5) is 4.21. The Bertz CT molecular complexity index is 502. The normalized spacial score (nSPS) is 12.6. The van der Waals surface area contributed by atoms with Crippen molar-refractivity contribution in [1.82, 2.24) is 10.3 Å². The molecule has 1 atom stereocenters. The SMILES string of the molecule is CC(NCCc1cscn1)c1cc(Br)ccc1F. The molecule has 0 saturated carbocycles. The lowest BCUT2D eigenvalue weighted by molar-refractivity contribution is 0.529. The Morgan fingerprint density at radius 1 is 1.50 bits per heavy atom. The third kappa shape index (κ3) is 3.60. The number of halogens is 2. The van der Waals surface area contributed by atoms with Crippen LogP contribution in [0.3, 0.4) is 0 Å². The van der Waals surface area contributed by atoms with E-state index in [1.807, 2.05) is 23.9 Å². The van der Waals surface area contributed by atoms with Crippen LogP contribution in [0, 0.1) is 5.82 Å². The Kier molecular flexibility index (Phi) is 4.86. The first-order chi connectivity index (χ1) is 8.66. The molecule has 0 radical (unpaired) electrons. The van der Waals surface area contributed by atoms with Crippen molar-refractivity contribution in [2.45, 2.75) is 19.4 Å². The van der Waals surface area contributed by atoms with Gasteiger partial charge in [-0.15, -0.1) is 11.3 Å². The molecule has 1 aromatic carbocycles. The summed E-state index contributed by atoms with van der Waals surface area (Å²) in [5, 5.41) is 5.34. The summed E-state index contributed by atoms with van der Waals surface area (Å²) in [5.41, 5.74) is 3.59. The highest BCUT2D eigenvalue weighted by molar-refractivity contribution is 9.10. The van der Waals surface area contributed by atoms with Crippen LogP contribution >= 0.6 is 27.3 Å². The van der Waals surface area contributed by atoms with E-state index in [2.05, 4.69) is 26.2 Å². The minimum atomic E-state index is -0.174. The molecule has 2 rings (SSSR count). The Hall–Kier alpha value is -0.780. The third-order valence-electron chi connectivity index (χ3n) is 2.74. The Balaban J connectivity index is 1.91. The largest absolute Gasteiger partial charge is 0.310 e. The number of nitrogens with one attached hydrogen (secondary N) is 1. The number of benzene rings is 1. The van der Waals surface area contributed by atoms with E-state index in [0.29, 0.717) is 5.56 Å². The zero-order valence-corrected chi connectivity index (χ0v) is 12.4. The van der Waals surface area contributed by atoms with Crippen LogP contribution in [0.5, 0.6) is 0 Å². The van der Waals surface area contributed by atoms with E-state index < -0.39 is 0 Å². The molecule has 2 nitrogen and oxygen atoms in total. The average molecular weight is 329 g/mol. The van der Waals surface area contributed by atoms with Crippen molar-refractivity contribution >= 4 is 27.3 Å². The average Bonchev–Trinajstić information content (AvgIpc) is 2.85. The van der Waals surface area contributed by atoms with Crippen molar-refractivity contribution in [2.75, 3.05) is 6.54 Å². The maximum atomic E-state index is 13.6. The van der Waals surface area contributed by atoms with Gasteiger partial charge in [-0.2, -0.15) is 0 Å². The summed E-state index contributed by atoms with van der Waals surface area (Å²) in [6, 6.07) is 5.00. The van der Waals surface area contributed by atoms with Crippen molar-refractivity contribution < 1.29 is 4.39 Å². The molecule has 5 heteroatoms. The van der Waals surface area contributed by atoms with E-state index in [-0.39, 0.29) is 11.9 Å². The third-order valence-corrected chi connectivity index (χ3v) is 3.87. The highest BCUT2D eigenvalue weighted by atomic mass is 79.9. The van der Waals surface area contributed by atoms with Crippen molar-refractivity contribution in [3.05, 3.63) is 50.6 Å². The maximum absolute atomic E-state index is 13.6. The molecular formula is C13H14BrFN2S. The van der Waals surface area contributed by atoms with E-state index in [0.717, 1.165) is 23.1 Å². The van der Waals surface area contributed by atoms with Gasteiger partial charge in [0.1, 0.15) is 5.82 Å². The predicted octanol–water partition coefficient (Wildman–Crippen LogP) is 3.94. The van der Waals surface area contributed by atoms with E-state index in [4.69, 9.17) is 0 Å². The van der Waals surface area contributed by atoms with Crippen LogP contribution in [0.2, 0.25) is 0 Å². The molecular weight excluding hydrogens is 315 g/mol. The second-order valence-corrected chi connectivity index (χ2v) is 5.71. The number of hydrogen-bond acceptors (Lipinski definition) is 3. The van der Waals surface area contributed by atoms with Gasteiger partial charge in [0.05, 0.1) is 11.2 Å². The Morgan fingerprint density at radius 2 is 2.33 bits per heavy atom. The molecule has 96 valence electrons. The van der Waals surface area contributed by atoms with Gasteiger partial charge < -0.3 is 5.32 Å². The first-order valence-corrected chi connectivity index (χ1v) is 7.46. The molecule has 2 aromatic rings. The summed E-state index contributed by atoms with van der Waals surface area (Å²) in [5.74, 6) is -0.174. The second kappa shape index (κ2) is 6.41. The fraction of sp³-hybridized carbons (Fsp3) is 0.308. The fourth-order valence-corrected chi connectivity index (χ4v) is 2.71. The summed E-state index contributed by atoms with van der Waals surface area (Å²) < 4.78 is 14.5. The highest BCUT2D eigenvalue weighted by Gasteiger charge is 2.10. The van der Waals surface area contributed by atoms with Gasteiger partial charge in [0.2, 0.25) is 0 Å². The number of rotatable bonds is 5. The van der Waals surface area contributed by atoms with Crippen molar-refractivity contribution in [1.29, 1.82) is 0 Å². The van der Waals surface area contributed by atoms with Crippen LogP contribution in [0.15, 0.2) is 33.6 Å². The molecule has 1 heterocycles. The number of hydrogen-bond donors (Lipinski definition) is 1. The minimum absolute atomic E-state index is 0.0128. The first kappa shape index (κ1) is 13.6. The predicted molar refractivity (Wildman–Crippen MR) is 76.3 cm³/mol. The summed E-state index contributed by atoms with van der Waals surface area (Å²) in [6.07, 6.45) is 0.865. The summed E-state index contributed by atoms with van der Waals surface area (Å²) in [6.45, 7) is 2.75. The molecule has 0 amide bonds. The van der Waals surface area contributed by atoms with Gasteiger partial charge in [-0.3, -0.25) is 0 Å². The van der Waals surface area contributed by atoms with Crippen LogP contribution in [0.4, 0.5) is 4.39 Å². The van der Waals surface area contributed by atoms with Gasteiger partial charge in [-0.1, -0.05) is 15.9 Å². The van der Waals surface area contributed by atoms with Gasteiger partial charge in [0.25, 0.3) is 0 Å². The zero-order chi connectivity index (χ0) is 13.0. The number of aromatic nitrogens is 1. The molecule has 0 aliphatic heterocycles. The molecule has 0 fully saturated rings. The van der Waals surface area contributed by atoms with Crippen LogP contribution in [-0.4, -0.2) is 11.5 Å². The van der Waals surface area contributed by atoms with Gasteiger partial charge in [0, 0.05) is 34.4 Å². The summed E-state index contributed by atoms with van der Waals surface area (Å²) in [7, 11) is 0. The molecule has 0 spiro atoms. The topological polar surface area (TPSA) is 24.9 Å². The number of nitrogens with zero attached hydrogens (tertiary/aromatic N) is 1. The van der Waals surface area contributed by atoms with E-state index >= 15 is 0 Å². The van der Waals surface area contributed by atoms with Gasteiger partial charge in [0.15, 0.2) is 0 Å². The lowest BCUT2D eigenvalue weighted by Gasteiger charge is -2.15. The first-order valence-electron chi connectivity index (χ1n) is 5.72. The van der Waals surface area contributed by atoms with Gasteiger partial charge in [-0.25, -0.2) is 9.37 Å². The van der Waals surface area contributed by atoms with Crippen LogP contribution in [-0.2, 0) is 6.42 Å². The smallest absolute Gasteiger partial charge is 0.128 e. The molecule has 0 bridgehead atoms. The number of thiazole rings is 1. The van der Waals surface area contributed by atoms with Crippen LogP contribution in [0.25, 0.3) is 0 Å². The standard InChI is InChI=1S/C13H14BrFN2S/c1-9(12-6-10(14)2-3-13(12)15)16-5-4-11-7-18-8-17-11/h2-3,6-9,16H,4-5H2,1H3. The molecule has 1 aromatic heterocycles. The Morgan fingerprint density at radius 3 is 3.06 bits per heavy atom. The van der Waals surface area contributed by atoms with E-state index in [1.165, 1.54) is 6.07 Å². The van der Waals surface area contributed by atoms with Crippen LogP contribution < -0.4 is 5.32 Å².